The molecule has 0 aromatic heterocycles. The molecule has 4 N–H and O–H groups in total. The summed E-state index contributed by atoms with van der Waals surface area (Å²) in [5.74, 6) is -1.04. The van der Waals surface area contributed by atoms with E-state index in [1.165, 1.54) is 7.11 Å². The van der Waals surface area contributed by atoms with E-state index in [9.17, 15) is 14.7 Å². The Hall–Kier alpha value is -0.850. The Morgan fingerprint density at radius 1 is 1.75 bits per heavy atom. The van der Waals surface area contributed by atoms with Crippen LogP contribution in [0.5, 0.6) is 0 Å². The van der Waals surface area contributed by atoms with Gasteiger partial charge in [0.1, 0.15) is 0 Å². The smallest absolute Gasteiger partial charge is 0.336 e. The maximum Gasteiger partial charge on any atom is 0.336 e. The molecule has 0 spiro atoms. The van der Waals surface area contributed by atoms with Crippen LogP contribution < -0.4 is 11.1 Å². The van der Waals surface area contributed by atoms with Crippen molar-refractivity contribution in [3.8, 4) is 0 Å². The SMILES string of the molecule is COC(=O)C(O)C(N)C[C@@H]1CCNC1=O.Cl. The summed E-state index contributed by atoms with van der Waals surface area (Å²) in [7, 11) is 1.18. The summed E-state index contributed by atoms with van der Waals surface area (Å²) in [6, 6.07) is -0.758. The van der Waals surface area contributed by atoms with Crippen molar-refractivity contribution < 1.29 is 19.4 Å². The van der Waals surface area contributed by atoms with E-state index >= 15 is 0 Å². The van der Waals surface area contributed by atoms with Crippen LogP contribution in [0.2, 0.25) is 0 Å². The summed E-state index contributed by atoms with van der Waals surface area (Å²) in [4.78, 5) is 22.2. The molecule has 1 aliphatic heterocycles. The highest BCUT2D eigenvalue weighted by molar-refractivity contribution is 5.85. The first kappa shape index (κ1) is 15.2. The second-order valence-corrected chi connectivity index (χ2v) is 3.64. The van der Waals surface area contributed by atoms with Crippen molar-refractivity contribution in [3.63, 3.8) is 0 Å². The molecule has 0 aromatic rings. The number of methoxy groups -OCH3 is 1. The predicted octanol–water partition coefficient (Wildman–Crippen LogP) is -1.20. The van der Waals surface area contributed by atoms with Gasteiger partial charge in [0.2, 0.25) is 5.91 Å². The Morgan fingerprint density at radius 3 is 2.81 bits per heavy atom. The van der Waals surface area contributed by atoms with E-state index in [1.807, 2.05) is 0 Å². The van der Waals surface area contributed by atoms with E-state index in [2.05, 4.69) is 10.1 Å². The normalized spacial score (nSPS) is 22.9. The number of halogens is 1. The van der Waals surface area contributed by atoms with Crippen molar-refractivity contribution in [1.29, 1.82) is 0 Å². The predicted molar refractivity (Wildman–Crippen MR) is 59.0 cm³/mol. The second kappa shape index (κ2) is 6.67. The van der Waals surface area contributed by atoms with Gasteiger partial charge >= 0.3 is 5.97 Å². The van der Waals surface area contributed by atoms with Gasteiger partial charge in [0.25, 0.3) is 0 Å². The molecule has 0 aromatic carbocycles. The lowest BCUT2D eigenvalue weighted by atomic mass is 9.96. The fourth-order valence-electron chi connectivity index (χ4n) is 1.62. The highest BCUT2D eigenvalue weighted by atomic mass is 35.5. The average molecular weight is 253 g/mol. The molecule has 0 bridgehead atoms. The zero-order chi connectivity index (χ0) is 11.4. The third-order valence-corrected chi connectivity index (χ3v) is 2.57. The Kier molecular flexibility index (Phi) is 6.32. The molecule has 0 saturated carbocycles. The van der Waals surface area contributed by atoms with Crippen molar-refractivity contribution >= 4 is 24.3 Å². The molecule has 1 fully saturated rings. The molecule has 7 heteroatoms. The van der Waals surface area contributed by atoms with Crippen molar-refractivity contribution in [2.75, 3.05) is 13.7 Å². The molecule has 0 aliphatic carbocycles. The van der Waals surface area contributed by atoms with Gasteiger partial charge in [-0.1, -0.05) is 0 Å². The van der Waals surface area contributed by atoms with Gasteiger partial charge in [-0.25, -0.2) is 4.79 Å². The average Bonchev–Trinajstić information content (AvgIpc) is 2.62. The number of carbonyl (C=O) groups excluding carboxylic acids is 2. The largest absolute Gasteiger partial charge is 0.467 e. The van der Waals surface area contributed by atoms with E-state index < -0.39 is 18.1 Å². The molecule has 2 unspecified atom stereocenters. The highest BCUT2D eigenvalue weighted by Gasteiger charge is 2.31. The first-order valence-electron chi connectivity index (χ1n) is 4.85. The summed E-state index contributed by atoms with van der Waals surface area (Å²) in [6.45, 7) is 0.630. The zero-order valence-corrected chi connectivity index (χ0v) is 9.83. The fourth-order valence-corrected chi connectivity index (χ4v) is 1.62. The van der Waals surface area contributed by atoms with Crippen molar-refractivity contribution in [3.05, 3.63) is 0 Å². The molecule has 1 aliphatic rings. The minimum Gasteiger partial charge on any atom is -0.467 e. The van der Waals surface area contributed by atoms with Gasteiger partial charge in [-0.15, -0.1) is 12.4 Å². The molecular weight excluding hydrogens is 236 g/mol. The zero-order valence-electron chi connectivity index (χ0n) is 9.01. The molecule has 1 heterocycles. The van der Waals surface area contributed by atoms with Crippen molar-refractivity contribution in [1.82, 2.24) is 5.32 Å². The fraction of sp³-hybridized carbons (Fsp3) is 0.778. The number of aliphatic hydroxyl groups is 1. The molecular formula is C9H17ClN2O4. The Balaban J connectivity index is 0.00000225. The topological polar surface area (TPSA) is 102 Å². The van der Waals surface area contributed by atoms with Crippen LogP contribution in [0.4, 0.5) is 0 Å². The van der Waals surface area contributed by atoms with E-state index in [1.54, 1.807) is 0 Å². The van der Waals surface area contributed by atoms with Crippen LogP contribution in [0.3, 0.4) is 0 Å². The molecule has 6 nitrogen and oxygen atoms in total. The molecule has 1 rings (SSSR count). The number of hydrogen-bond acceptors (Lipinski definition) is 5. The molecule has 1 amide bonds. The van der Waals surface area contributed by atoms with Gasteiger partial charge in [0, 0.05) is 18.5 Å². The van der Waals surface area contributed by atoms with Gasteiger partial charge in [-0.3, -0.25) is 4.79 Å². The van der Waals surface area contributed by atoms with Crippen LogP contribution in [0.15, 0.2) is 0 Å². The first-order valence-corrected chi connectivity index (χ1v) is 4.85. The second-order valence-electron chi connectivity index (χ2n) is 3.64. The Labute approximate surface area is 99.9 Å². The van der Waals surface area contributed by atoms with Crippen LogP contribution >= 0.6 is 12.4 Å². The number of nitrogens with two attached hydrogens (primary N) is 1. The minimum absolute atomic E-state index is 0. The summed E-state index contributed by atoms with van der Waals surface area (Å²) in [5, 5.41) is 12.1. The van der Waals surface area contributed by atoms with Gasteiger partial charge < -0.3 is 20.9 Å². The summed E-state index contributed by atoms with van der Waals surface area (Å²) < 4.78 is 4.35. The number of ether oxygens (including phenoxy) is 1. The highest BCUT2D eigenvalue weighted by Crippen LogP contribution is 2.16. The lowest BCUT2D eigenvalue weighted by Crippen LogP contribution is -2.43. The van der Waals surface area contributed by atoms with Gasteiger partial charge in [0.15, 0.2) is 6.10 Å². The summed E-state index contributed by atoms with van der Waals surface area (Å²) in [6.07, 6.45) is -0.369. The maximum absolute atomic E-state index is 11.2. The number of nitrogens with one attached hydrogen (secondary N) is 1. The molecule has 3 atom stereocenters. The summed E-state index contributed by atoms with van der Waals surface area (Å²) >= 11 is 0. The number of aliphatic hydroxyl groups excluding tert-OH is 1. The first-order chi connectivity index (χ1) is 7.06. The molecule has 94 valence electrons. The third-order valence-electron chi connectivity index (χ3n) is 2.57. The van der Waals surface area contributed by atoms with Crippen LogP contribution in [-0.4, -0.2) is 42.8 Å². The van der Waals surface area contributed by atoms with Gasteiger partial charge in [-0.2, -0.15) is 0 Å². The molecule has 16 heavy (non-hydrogen) atoms. The van der Waals surface area contributed by atoms with Crippen molar-refractivity contribution in [2.45, 2.75) is 25.0 Å². The monoisotopic (exact) mass is 252 g/mol. The Bertz CT molecular complexity index is 262. The summed E-state index contributed by atoms with van der Waals surface area (Å²) in [5.41, 5.74) is 5.60. The van der Waals surface area contributed by atoms with E-state index in [0.29, 0.717) is 19.4 Å². The van der Waals surface area contributed by atoms with Crippen molar-refractivity contribution in [2.24, 2.45) is 11.7 Å². The number of carbonyl (C=O) groups is 2. The standard InChI is InChI=1S/C9H16N2O4.ClH/c1-15-9(14)7(12)6(10)4-5-2-3-11-8(5)13;/h5-7,12H,2-4,10H2,1H3,(H,11,13);1H/t5-,6?,7?;/m0./s1. The number of esters is 1. The molecule has 0 radical (unpaired) electrons. The van der Waals surface area contributed by atoms with Crippen LogP contribution in [0, 0.1) is 5.92 Å². The van der Waals surface area contributed by atoms with Crippen LogP contribution in [-0.2, 0) is 14.3 Å². The van der Waals surface area contributed by atoms with E-state index in [-0.39, 0.29) is 24.2 Å². The quantitative estimate of drug-likeness (QED) is 0.546. The van der Waals surface area contributed by atoms with Crippen LogP contribution in [0.1, 0.15) is 12.8 Å². The third kappa shape index (κ3) is 3.62. The van der Waals surface area contributed by atoms with E-state index in [4.69, 9.17) is 5.73 Å². The minimum atomic E-state index is -1.36. The van der Waals surface area contributed by atoms with Crippen LogP contribution in [0.25, 0.3) is 0 Å². The lowest BCUT2D eigenvalue weighted by Gasteiger charge is -2.18. The number of hydrogen-bond donors (Lipinski definition) is 3. The lowest BCUT2D eigenvalue weighted by molar-refractivity contribution is -0.151. The molecule has 1 saturated heterocycles. The Morgan fingerprint density at radius 2 is 2.38 bits per heavy atom. The maximum atomic E-state index is 11.2. The number of rotatable bonds is 4. The van der Waals surface area contributed by atoms with Gasteiger partial charge in [-0.05, 0) is 12.8 Å². The number of amides is 1. The van der Waals surface area contributed by atoms with Gasteiger partial charge in [0.05, 0.1) is 7.11 Å². The van der Waals surface area contributed by atoms with E-state index in [0.717, 1.165) is 0 Å².